The molecule has 0 saturated carbocycles. The fraction of sp³-hybridized carbons (Fsp3) is 0.467. The Hall–Kier alpha value is -1.80. The van der Waals surface area contributed by atoms with Crippen LogP contribution < -0.4 is 4.74 Å². The summed E-state index contributed by atoms with van der Waals surface area (Å²) in [4.78, 5) is 8.82. The second-order valence-electron chi connectivity index (χ2n) is 5.17. The standard InChI is InChI=1S/C15H18N2O5/c1-8-14(17-10-6-4-3-5-9(10)16-8)21-7-11-12(18)13(19)15(20-2)22-11/h3-6,11-13,15,18-19H,7H2,1-2H3/t11-,12-,13-,15-/m1/s1. The second-order valence-corrected chi connectivity index (χ2v) is 5.17. The lowest BCUT2D eigenvalue weighted by atomic mass is 10.1. The summed E-state index contributed by atoms with van der Waals surface area (Å²) in [5.74, 6) is 0.379. The van der Waals surface area contributed by atoms with Gasteiger partial charge in [0.05, 0.1) is 11.0 Å². The monoisotopic (exact) mass is 306 g/mol. The summed E-state index contributed by atoms with van der Waals surface area (Å²) in [6, 6.07) is 7.49. The molecule has 22 heavy (non-hydrogen) atoms. The van der Waals surface area contributed by atoms with Crippen LogP contribution in [0.15, 0.2) is 24.3 Å². The predicted molar refractivity (Wildman–Crippen MR) is 77.5 cm³/mol. The predicted octanol–water partition coefficient (Wildman–Crippen LogP) is 0.410. The minimum atomic E-state index is -1.10. The Bertz CT molecular complexity index is 665. The first-order valence-electron chi connectivity index (χ1n) is 7.00. The molecule has 7 nitrogen and oxygen atoms in total. The van der Waals surface area contributed by atoms with Gasteiger partial charge in [-0.3, -0.25) is 0 Å². The number of methoxy groups -OCH3 is 1. The SMILES string of the molecule is CO[C@@H]1O[C@H](COc2nc3ccccc3nc2C)[C@@H](O)[C@H]1O. The zero-order valence-corrected chi connectivity index (χ0v) is 12.3. The van der Waals surface area contributed by atoms with Gasteiger partial charge in [0, 0.05) is 7.11 Å². The molecule has 0 spiro atoms. The Morgan fingerprint density at radius 1 is 1.14 bits per heavy atom. The lowest BCUT2D eigenvalue weighted by Crippen LogP contribution is -2.35. The van der Waals surface area contributed by atoms with Crippen LogP contribution in [0.5, 0.6) is 5.88 Å². The molecule has 118 valence electrons. The fourth-order valence-electron chi connectivity index (χ4n) is 2.42. The van der Waals surface area contributed by atoms with Crippen LogP contribution in [0.25, 0.3) is 11.0 Å². The van der Waals surface area contributed by atoms with E-state index in [1.165, 1.54) is 7.11 Å². The van der Waals surface area contributed by atoms with Crippen molar-refractivity contribution < 1.29 is 24.4 Å². The Balaban J connectivity index is 1.73. The number of para-hydroxylation sites is 2. The van der Waals surface area contributed by atoms with Gasteiger partial charge in [-0.1, -0.05) is 12.1 Å². The minimum Gasteiger partial charge on any atom is -0.473 e. The first-order chi connectivity index (χ1) is 10.6. The Morgan fingerprint density at radius 3 is 2.45 bits per heavy atom. The molecule has 1 saturated heterocycles. The number of nitrogens with zero attached hydrogens (tertiary/aromatic N) is 2. The highest BCUT2D eigenvalue weighted by atomic mass is 16.7. The maximum Gasteiger partial charge on any atom is 0.236 e. The molecular weight excluding hydrogens is 288 g/mol. The maximum absolute atomic E-state index is 9.91. The van der Waals surface area contributed by atoms with E-state index in [1.54, 1.807) is 6.92 Å². The number of aliphatic hydroxyl groups excluding tert-OH is 2. The molecule has 0 amide bonds. The summed E-state index contributed by atoms with van der Waals surface area (Å²) in [5, 5.41) is 19.6. The van der Waals surface area contributed by atoms with Gasteiger partial charge in [0.2, 0.25) is 5.88 Å². The van der Waals surface area contributed by atoms with E-state index in [0.29, 0.717) is 11.6 Å². The molecule has 3 rings (SSSR count). The highest BCUT2D eigenvalue weighted by molar-refractivity contribution is 5.74. The molecule has 1 aromatic carbocycles. The van der Waals surface area contributed by atoms with Crippen molar-refractivity contribution in [1.82, 2.24) is 9.97 Å². The van der Waals surface area contributed by atoms with Gasteiger partial charge >= 0.3 is 0 Å². The molecule has 2 N–H and O–H groups in total. The van der Waals surface area contributed by atoms with E-state index >= 15 is 0 Å². The smallest absolute Gasteiger partial charge is 0.236 e. The number of ether oxygens (including phenoxy) is 3. The van der Waals surface area contributed by atoms with Crippen molar-refractivity contribution in [2.24, 2.45) is 0 Å². The number of hydrogen-bond donors (Lipinski definition) is 2. The molecular formula is C15H18N2O5. The van der Waals surface area contributed by atoms with Gasteiger partial charge in [-0.25, -0.2) is 9.97 Å². The number of fused-ring (bicyclic) bond motifs is 1. The van der Waals surface area contributed by atoms with Crippen LogP contribution in [0.4, 0.5) is 0 Å². The Morgan fingerprint density at radius 2 is 1.82 bits per heavy atom. The van der Waals surface area contributed by atoms with E-state index in [-0.39, 0.29) is 6.61 Å². The second kappa shape index (κ2) is 6.13. The first-order valence-corrected chi connectivity index (χ1v) is 7.00. The molecule has 4 atom stereocenters. The summed E-state index contributed by atoms with van der Waals surface area (Å²) in [6.07, 6.45) is -3.71. The Labute approximate surface area is 127 Å². The number of aromatic nitrogens is 2. The van der Waals surface area contributed by atoms with Crippen molar-refractivity contribution in [2.45, 2.75) is 31.5 Å². The van der Waals surface area contributed by atoms with Gasteiger partial charge in [0.25, 0.3) is 0 Å². The normalized spacial score (nSPS) is 28.2. The highest BCUT2D eigenvalue weighted by Gasteiger charge is 2.43. The molecule has 1 aliphatic heterocycles. The van der Waals surface area contributed by atoms with E-state index in [2.05, 4.69) is 9.97 Å². The van der Waals surface area contributed by atoms with E-state index in [9.17, 15) is 10.2 Å². The van der Waals surface area contributed by atoms with Crippen LogP contribution in [0, 0.1) is 6.92 Å². The van der Waals surface area contributed by atoms with Crippen LogP contribution in [0.3, 0.4) is 0 Å². The van der Waals surface area contributed by atoms with Crippen molar-refractivity contribution in [3.8, 4) is 5.88 Å². The number of hydrogen-bond acceptors (Lipinski definition) is 7. The zero-order valence-electron chi connectivity index (χ0n) is 12.3. The summed E-state index contributed by atoms with van der Waals surface area (Å²) >= 11 is 0. The van der Waals surface area contributed by atoms with Gasteiger partial charge in [-0.2, -0.15) is 0 Å². The summed E-state index contributed by atoms with van der Waals surface area (Å²) in [6.45, 7) is 1.85. The molecule has 2 heterocycles. The van der Waals surface area contributed by atoms with Gasteiger partial charge in [-0.05, 0) is 19.1 Å². The third kappa shape index (κ3) is 2.76. The molecule has 1 aromatic heterocycles. The number of aryl methyl sites for hydroxylation is 1. The third-order valence-electron chi connectivity index (χ3n) is 3.64. The van der Waals surface area contributed by atoms with Crippen molar-refractivity contribution >= 4 is 11.0 Å². The molecule has 0 unspecified atom stereocenters. The molecule has 0 aliphatic carbocycles. The summed E-state index contributed by atoms with van der Waals surface area (Å²) < 4.78 is 15.9. The third-order valence-corrected chi connectivity index (χ3v) is 3.64. The Kier molecular flexibility index (Phi) is 4.21. The topological polar surface area (TPSA) is 93.9 Å². The van der Waals surface area contributed by atoms with Gasteiger partial charge in [0.1, 0.15) is 30.6 Å². The summed E-state index contributed by atoms with van der Waals surface area (Å²) in [5.41, 5.74) is 2.17. The quantitative estimate of drug-likeness (QED) is 0.845. The molecule has 1 fully saturated rings. The van der Waals surface area contributed by atoms with Crippen molar-refractivity contribution in [2.75, 3.05) is 13.7 Å². The number of aliphatic hydroxyl groups is 2. The maximum atomic E-state index is 9.91. The van der Waals surface area contributed by atoms with Crippen LogP contribution in [0.2, 0.25) is 0 Å². The molecule has 0 bridgehead atoms. The molecule has 0 radical (unpaired) electrons. The van der Waals surface area contributed by atoms with E-state index < -0.39 is 24.6 Å². The zero-order chi connectivity index (χ0) is 15.7. The van der Waals surface area contributed by atoms with Crippen LogP contribution in [-0.2, 0) is 9.47 Å². The highest BCUT2D eigenvalue weighted by Crippen LogP contribution is 2.24. The van der Waals surface area contributed by atoms with E-state index in [0.717, 1.165) is 11.0 Å². The van der Waals surface area contributed by atoms with Gasteiger partial charge in [0.15, 0.2) is 6.29 Å². The van der Waals surface area contributed by atoms with E-state index in [1.807, 2.05) is 24.3 Å². The number of benzene rings is 1. The average molecular weight is 306 g/mol. The molecule has 7 heteroatoms. The van der Waals surface area contributed by atoms with Crippen LogP contribution >= 0.6 is 0 Å². The lowest BCUT2D eigenvalue weighted by molar-refractivity contribution is -0.152. The first kappa shape index (κ1) is 15.1. The fourth-order valence-corrected chi connectivity index (χ4v) is 2.42. The number of rotatable bonds is 4. The van der Waals surface area contributed by atoms with E-state index in [4.69, 9.17) is 14.2 Å². The van der Waals surface area contributed by atoms with Crippen molar-refractivity contribution in [1.29, 1.82) is 0 Å². The minimum absolute atomic E-state index is 0.0476. The average Bonchev–Trinajstić information content (AvgIpc) is 2.80. The van der Waals surface area contributed by atoms with Crippen LogP contribution in [-0.4, -0.2) is 58.5 Å². The van der Waals surface area contributed by atoms with Crippen molar-refractivity contribution in [3.05, 3.63) is 30.0 Å². The lowest BCUT2D eigenvalue weighted by Gasteiger charge is -2.15. The van der Waals surface area contributed by atoms with Crippen molar-refractivity contribution in [3.63, 3.8) is 0 Å². The molecule has 1 aliphatic rings. The van der Waals surface area contributed by atoms with Crippen LogP contribution in [0.1, 0.15) is 5.69 Å². The summed E-state index contributed by atoms with van der Waals surface area (Å²) in [7, 11) is 1.41. The largest absolute Gasteiger partial charge is 0.473 e. The van der Waals surface area contributed by atoms with Gasteiger partial charge < -0.3 is 24.4 Å². The molecule has 2 aromatic rings. The van der Waals surface area contributed by atoms with Gasteiger partial charge in [-0.15, -0.1) is 0 Å².